The van der Waals surface area contributed by atoms with Crippen LogP contribution >= 0.6 is 0 Å². The maximum absolute atomic E-state index is 3.21. The summed E-state index contributed by atoms with van der Waals surface area (Å²) in [5.74, 6) is 7.78. The molecule has 0 unspecified atom stereocenters. The van der Waals surface area contributed by atoms with Gasteiger partial charge < -0.3 is 0 Å². The Labute approximate surface area is 77.8 Å². The largest absolute Gasteiger partial charge is 0.103 e. The van der Waals surface area contributed by atoms with Crippen LogP contribution in [0.2, 0.25) is 0 Å². The maximum atomic E-state index is 3.21. The lowest BCUT2D eigenvalue weighted by Gasteiger charge is -2.00. The topological polar surface area (TPSA) is 0 Å². The second-order valence-electron chi connectivity index (χ2n) is 4.12. The smallest absolute Gasteiger partial charge is 0.0146 e. The molecule has 0 heteroatoms. The van der Waals surface area contributed by atoms with Crippen molar-refractivity contribution in [1.29, 1.82) is 0 Å². The van der Waals surface area contributed by atoms with Gasteiger partial charge in [-0.1, -0.05) is 40.5 Å². The Morgan fingerprint density at radius 1 is 1.00 bits per heavy atom. The zero-order valence-electron chi connectivity index (χ0n) is 8.98. The zero-order valence-corrected chi connectivity index (χ0v) is 8.98. The molecule has 12 heavy (non-hydrogen) atoms. The minimum Gasteiger partial charge on any atom is -0.103 e. The molecular weight excluding hydrogens is 144 g/mol. The molecule has 0 heterocycles. The second kappa shape index (κ2) is 7.22. The van der Waals surface area contributed by atoms with Crippen molar-refractivity contribution in [1.82, 2.24) is 0 Å². The van der Waals surface area contributed by atoms with Crippen molar-refractivity contribution in [3.63, 3.8) is 0 Å². The molecule has 0 aromatic carbocycles. The Bertz CT molecular complexity index is 143. The summed E-state index contributed by atoms with van der Waals surface area (Å²) >= 11 is 0. The molecule has 0 aliphatic heterocycles. The number of hydrogen-bond acceptors (Lipinski definition) is 0. The van der Waals surface area contributed by atoms with Crippen LogP contribution in [0.4, 0.5) is 0 Å². The predicted molar refractivity (Wildman–Crippen MR) is 55.9 cm³/mol. The first-order chi connectivity index (χ1) is 5.63. The van der Waals surface area contributed by atoms with Gasteiger partial charge in [-0.2, -0.15) is 0 Å². The summed E-state index contributed by atoms with van der Waals surface area (Å²) in [6, 6.07) is 0. The minimum atomic E-state index is 0.537. The zero-order chi connectivity index (χ0) is 9.40. The standard InChI is InChI=1S/C12H22/c1-11(2)9-7-5-6-8-10-12(3)4/h11-12H,5-7,9H2,1-4H3. The van der Waals surface area contributed by atoms with E-state index < -0.39 is 0 Å². The molecule has 0 aliphatic rings. The van der Waals surface area contributed by atoms with Crippen molar-refractivity contribution in [2.24, 2.45) is 11.8 Å². The van der Waals surface area contributed by atoms with Crippen molar-refractivity contribution < 1.29 is 0 Å². The van der Waals surface area contributed by atoms with Gasteiger partial charge in [0.1, 0.15) is 0 Å². The molecule has 0 nitrogen and oxygen atoms in total. The third-order valence-electron chi connectivity index (χ3n) is 1.72. The van der Waals surface area contributed by atoms with Gasteiger partial charge in [-0.3, -0.25) is 0 Å². The van der Waals surface area contributed by atoms with E-state index in [9.17, 15) is 0 Å². The van der Waals surface area contributed by atoms with Gasteiger partial charge >= 0.3 is 0 Å². The van der Waals surface area contributed by atoms with E-state index in [1.165, 1.54) is 19.3 Å². The van der Waals surface area contributed by atoms with Gasteiger partial charge in [-0.15, -0.1) is 11.8 Å². The first-order valence-corrected chi connectivity index (χ1v) is 5.11. The maximum Gasteiger partial charge on any atom is 0.0146 e. The van der Waals surface area contributed by atoms with Gasteiger partial charge in [0, 0.05) is 12.3 Å². The highest BCUT2D eigenvalue weighted by Gasteiger charge is 1.92. The van der Waals surface area contributed by atoms with E-state index >= 15 is 0 Å². The van der Waals surface area contributed by atoms with E-state index in [1.807, 2.05) is 0 Å². The SMILES string of the molecule is CC(C)C#CCCCCC(C)C. The quantitative estimate of drug-likeness (QED) is 0.439. The Kier molecular flexibility index (Phi) is 6.96. The van der Waals surface area contributed by atoms with Crippen LogP contribution in [0, 0.1) is 23.7 Å². The lowest BCUT2D eigenvalue weighted by atomic mass is 10.1. The fraction of sp³-hybridized carbons (Fsp3) is 0.833. The Hall–Kier alpha value is -0.440. The van der Waals surface area contributed by atoms with Crippen LogP contribution in [0.1, 0.15) is 53.4 Å². The molecular formula is C12H22. The highest BCUT2D eigenvalue weighted by molar-refractivity contribution is 5.00. The molecule has 0 amide bonds. The lowest BCUT2D eigenvalue weighted by molar-refractivity contribution is 0.542. The molecule has 0 atom stereocenters. The molecule has 0 saturated heterocycles. The monoisotopic (exact) mass is 166 g/mol. The summed E-state index contributed by atoms with van der Waals surface area (Å²) in [6.07, 6.45) is 5.05. The highest BCUT2D eigenvalue weighted by atomic mass is 14.0. The van der Waals surface area contributed by atoms with Crippen molar-refractivity contribution in [2.75, 3.05) is 0 Å². The third-order valence-corrected chi connectivity index (χ3v) is 1.72. The lowest BCUT2D eigenvalue weighted by Crippen LogP contribution is -1.86. The summed E-state index contributed by atoms with van der Waals surface area (Å²) in [6.45, 7) is 8.84. The first kappa shape index (κ1) is 11.6. The molecule has 70 valence electrons. The normalized spacial score (nSPS) is 10.2. The van der Waals surface area contributed by atoms with Gasteiger partial charge in [0.05, 0.1) is 0 Å². The molecule has 0 fully saturated rings. The third kappa shape index (κ3) is 9.56. The molecule has 0 saturated carbocycles. The van der Waals surface area contributed by atoms with Crippen LogP contribution in [0.15, 0.2) is 0 Å². The van der Waals surface area contributed by atoms with Gasteiger partial charge in [0.15, 0.2) is 0 Å². The van der Waals surface area contributed by atoms with E-state index in [4.69, 9.17) is 0 Å². The summed E-state index contributed by atoms with van der Waals surface area (Å²) in [7, 11) is 0. The van der Waals surface area contributed by atoms with Crippen molar-refractivity contribution in [3.05, 3.63) is 0 Å². The van der Waals surface area contributed by atoms with Crippen molar-refractivity contribution in [2.45, 2.75) is 53.4 Å². The average molecular weight is 166 g/mol. The van der Waals surface area contributed by atoms with Crippen LogP contribution in [-0.4, -0.2) is 0 Å². The molecule has 0 aliphatic carbocycles. The van der Waals surface area contributed by atoms with Gasteiger partial charge in [-0.25, -0.2) is 0 Å². The van der Waals surface area contributed by atoms with Crippen molar-refractivity contribution in [3.8, 4) is 11.8 Å². The Morgan fingerprint density at radius 2 is 1.67 bits per heavy atom. The summed E-state index contributed by atoms with van der Waals surface area (Å²) in [4.78, 5) is 0. The number of rotatable bonds is 4. The van der Waals surface area contributed by atoms with Crippen LogP contribution in [0.5, 0.6) is 0 Å². The van der Waals surface area contributed by atoms with Crippen molar-refractivity contribution >= 4 is 0 Å². The average Bonchev–Trinajstić information content (AvgIpc) is 1.95. The van der Waals surface area contributed by atoms with Crippen LogP contribution in [0.3, 0.4) is 0 Å². The van der Waals surface area contributed by atoms with Gasteiger partial charge in [0.2, 0.25) is 0 Å². The fourth-order valence-corrected chi connectivity index (χ4v) is 1.04. The first-order valence-electron chi connectivity index (χ1n) is 5.11. The molecule has 0 bridgehead atoms. The summed E-state index contributed by atoms with van der Waals surface area (Å²) in [5.41, 5.74) is 0. The van der Waals surface area contributed by atoms with Crippen LogP contribution < -0.4 is 0 Å². The van der Waals surface area contributed by atoms with E-state index in [-0.39, 0.29) is 0 Å². The Morgan fingerprint density at radius 3 is 2.17 bits per heavy atom. The summed E-state index contributed by atoms with van der Waals surface area (Å²) in [5, 5.41) is 0. The number of hydrogen-bond donors (Lipinski definition) is 0. The van der Waals surface area contributed by atoms with E-state index in [2.05, 4.69) is 39.5 Å². The van der Waals surface area contributed by atoms with E-state index in [0.29, 0.717) is 5.92 Å². The molecule has 0 aromatic rings. The van der Waals surface area contributed by atoms with Gasteiger partial charge in [-0.05, 0) is 12.3 Å². The van der Waals surface area contributed by atoms with Crippen LogP contribution in [0.25, 0.3) is 0 Å². The fourth-order valence-electron chi connectivity index (χ4n) is 1.04. The highest BCUT2D eigenvalue weighted by Crippen LogP contribution is 2.07. The molecule has 0 rings (SSSR count). The summed E-state index contributed by atoms with van der Waals surface area (Å²) < 4.78 is 0. The van der Waals surface area contributed by atoms with Gasteiger partial charge in [0.25, 0.3) is 0 Å². The van der Waals surface area contributed by atoms with E-state index in [0.717, 1.165) is 12.3 Å². The van der Waals surface area contributed by atoms with E-state index in [1.54, 1.807) is 0 Å². The minimum absolute atomic E-state index is 0.537. The van der Waals surface area contributed by atoms with Crippen LogP contribution in [-0.2, 0) is 0 Å². The molecule has 0 N–H and O–H groups in total. The molecule has 0 aromatic heterocycles. The second-order valence-corrected chi connectivity index (χ2v) is 4.12. The predicted octanol–water partition coefficient (Wildman–Crippen LogP) is 3.86. The molecule has 0 radical (unpaired) electrons. The molecule has 0 spiro atoms. The number of unbranched alkanes of at least 4 members (excludes halogenated alkanes) is 2. The Balaban J connectivity index is 3.18.